The predicted octanol–water partition coefficient (Wildman–Crippen LogP) is 13.2. The summed E-state index contributed by atoms with van der Waals surface area (Å²) >= 11 is 0. The Morgan fingerprint density at radius 3 is 1.28 bits per heavy atom. The van der Waals surface area contributed by atoms with E-state index in [1.165, 1.54) is 11.0 Å². The Labute approximate surface area is 687 Å². The van der Waals surface area contributed by atoms with Gasteiger partial charge in [0.05, 0.1) is 18.6 Å². The molecule has 122 heavy (non-hydrogen) atoms. The number of carbonyl (C=O) groups excluding carboxylic acids is 4. The average Bonchev–Trinajstić information content (AvgIpc) is 1.57. The quantitative estimate of drug-likeness (QED) is 0.0289. The largest absolute Gasteiger partial charge is 0.401 e. The van der Waals surface area contributed by atoms with Gasteiger partial charge in [-0.25, -0.2) is 52.7 Å². The van der Waals surface area contributed by atoms with E-state index in [9.17, 15) is 85.0 Å². The average molecular weight is 1730 g/mol. The maximum absolute atomic E-state index is 14.0. The summed E-state index contributed by atoms with van der Waals surface area (Å²) in [7, 11) is 1.63. The maximum atomic E-state index is 14.0. The minimum Gasteiger partial charge on any atom is -0.384 e. The van der Waals surface area contributed by atoms with Crippen LogP contribution >= 0.6 is 0 Å². The molecule has 0 bridgehead atoms. The van der Waals surface area contributed by atoms with Crippen molar-refractivity contribution in [2.75, 3.05) is 39.9 Å². The van der Waals surface area contributed by atoms with E-state index in [4.69, 9.17) is 45.8 Å². The van der Waals surface area contributed by atoms with Crippen LogP contribution in [0.2, 0.25) is 0 Å². The first-order valence-corrected chi connectivity index (χ1v) is 39.8. The summed E-state index contributed by atoms with van der Waals surface area (Å²) in [6.45, 7) is 1.16. The molecule has 5 aromatic carbocycles. The van der Waals surface area contributed by atoms with Crippen molar-refractivity contribution in [3.8, 4) is 11.4 Å². The molecule has 4 saturated heterocycles. The van der Waals surface area contributed by atoms with Gasteiger partial charge in [-0.1, -0.05) is 69.2 Å². The number of amides is 4. The highest BCUT2D eigenvalue weighted by Gasteiger charge is 2.67. The van der Waals surface area contributed by atoms with Gasteiger partial charge in [0.1, 0.15) is 52.9 Å². The van der Waals surface area contributed by atoms with Crippen LogP contribution in [0.25, 0.3) is 11.4 Å². The Balaban J connectivity index is 0.000000140. The van der Waals surface area contributed by atoms with Gasteiger partial charge in [-0.05, 0) is 149 Å². The fourth-order valence-corrected chi connectivity index (χ4v) is 15.6. The smallest absolute Gasteiger partial charge is 0.384 e. The first-order valence-electron chi connectivity index (χ1n) is 39.8. The van der Waals surface area contributed by atoms with Crippen molar-refractivity contribution in [3.63, 3.8) is 0 Å². The fraction of sp³-hybridized carbons (Fsp3) is 0.488. The highest BCUT2D eigenvalue weighted by molar-refractivity contribution is 5.79. The Kier molecular flexibility index (Phi) is 27.4. The van der Waals surface area contributed by atoms with Gasteiger partial charge in [0, 0.05) is 113 Å². The zero-order chi connectivity index (χ0) is 87.3. The second-order valence-electron chi connectivity index (χ2n) is 32.0. The second kappa shape index (κ2) is 37.6. The third-order valence-electron chi connectivity index (χ3n) is 22.6. The zero-order valence-corrected chi connectivity index (χ0v) is 65.8. The molecule has 3 saturated carbocycles. The van der Waals surface area contributed by atoms with Crippen LogP contribution in [0.15, 0.2) is 109 Å². The Bertz CT molecular complexity index is 5180. The molecule has 0 unspecified atom stereocenters. The molecule has 0 spiro atoms. The van der Waals surface area contributed by atoms with Crippen LogP contribution in [0, 0.1) is 58.2 Å². The lowest BCUT2D eigenvalue weighted by Gasteiger charge is -2.23. The van der Waals surface area contributed by atoms with Crippen LogP contribution in [-0.2, 0) is 60.4 Å². The number of nitrogens with zero attached hydrogens (tertiary/aromatic N) is 12. The number of ether oxygens (including phenoxy) is 1. The van der Waals surface area contributed by atoms with Crippen LogP contribution in [0.3, 0.4) is 0 Å². The van der Waals surface area contributed by atoms with Gasteiger partial charge >= 0.3 is 6.18 Å². The SMILES string of the molecule is COCC1(c2noc([C@@H]3CCCN3C(=O)C[C@H](N)Cc3cc(F)c(F)cc3F)n2)CC1.N[C@@H](CC(=O)N1CC(F)(F)C[C@H]1c1nc(C2CC2)no1)Cc1cc(F)c(F)cc1F.N[C@@H](CC(=O)N1CCC[C@@H]1c1nc(-c2ccccc2)no1)Cc1ccccc1F.N[C@@H](CC(=O)N1CCC[C@H]1c1nc(C2(C(F)(F)F)CC2)no1)Cc1cc(F)c(F)cc1F. The number of carbonyl (C=O) groups is 4. The summed E-state index contributed by atoms with van der Waals surface area (Å²) in [5, 5.41) is 15.5. The molecule has 9 aromatic rings. The van der Waals surface area contributed by atoms with E-state index in [0.717, 1.165) is 61.5 Å². The number of nitrogens with two attached hydrogens (primary N) is 4. The minimum atomic E-state index is -4.48. The molecule has 654 valence electrons. The molecule has 8 atom stereocenters. The molecule has 3 aliphatic carbocycles. The first-order chi connectivity index (χ1) is 58.1. The summed E-state index contributed by atoms with van der Waals surface area (Å²) in [5.41, 5.74) is 22.6. The lowest BCUT2D eigenvalue weighted by Crippen LogP contribution is -2.38. The number of benzene rings is 5. The van der Waals surface area contributed by atoms with E-state index in [0.29, 0.717) is 117 Å². The van der Waals surface area contributed by atoms with Gasteiger partial charge in [-0.3, -0.25) is 19.2 Å². The van der Waals surface area contributed by atoms with Gasteiger partial charge in [0.25, 0.3) is 5.92 Å². The molecule has 7 fully saturated rings. The third-order valence-corrected chi connectivity index (χ3v) is 22.6. The first kappa shape index (κ1) is 89.1. The van der Waals surface area contributed by atoms with Gasteiger partial charge < -0.3 is 65.4 Å². The van der Waals surface area contributed by atoms with Crippen LogP contribution in [0.5, 0.6) is 0 Å². The van der Waals surface area contributed by atoms with Crippen molar-refractivity contribution in [3.05, 3.63) is 212 Å². The molecule has 8 N–H and O–H groups in total. The van der Waals surface area contributed by atoms with E-state index in [-0.39, 0.29) is 121 Å². The monoisotopic (exact) mass is 1720 g/mol. The lowest BCUT2D eigenvalue weighted by molar-refractivity contribution is -0.162. The van der Waals surface area contributed by atoms with Crippen molar-refractivity contribution in [1.82, 2.24) is 60.2 Å². The van der Waals surface area contributed by atoms with Crippen LogP contribution < -0.4 is 22.9 Å². The number of methoxy groups -OCH3 is 1. The topological polar surface area (TPSA) is 350 Å². The fourth-order valence-electron chi connectivity index (χ4n) is 15.6. The van der Waals surface area contributed by atoms with Crippen molar-refractivity contribution in [2.24, 2.45) is 22.9 Å². The van der Waals surface area contributed by atoms with Crippen molar-refractivity contribution in [1.29, 1.82) is 0 Å². The molecule has 4 amide bonds. The molecule has 8 heterocycles. The number of likely N-dealkylation sites (tertiary alicyclic amines) is 4. The van der Waals surface area contributed by atoms with Crippen LogP contribution in [0.1, 0.15) is 203 Å². The van der Waals surface area contributed by atoms with Crippen LogP contribution in [0.4, 0.5) is 65.9 Å². The van der Waals surface area contributed by atoms with E-state index in [1.54, 1.807) is 35.1 Å². The summed E-state index contributed by atoms with van der Waals surface area (Å²) in [6, 6.07) is 14.1. The lowest BCUT2D eigenvalue weighted by atomic mass is 10.0. The molecule has 40 heteroatoms. The summed E-state index contributed by atoms with van der Waals surface area (Å²) in [6.07, 6.45) is 1.62. The molecule has 0 radical (unpaired) electrons. The summed E-state index contributed by atoms with van der Waals surface area (Å²) < 4.78 is 229. The highest BCUT2D eigenvalue weighted by atomic mass is 19.4. The minimum absolute atomic E-state index is 0.0531. The van der Waals surface area contributed by atoms with E-state index >= 15 is 0 Å². The molecule has 16 rings (SSSR count). The third kappa shape index (κ3) is 21.1. The predicted molar refractivity (Wildman–Crippen MR) is 400 cm³/mol. The van der Waals surface area contributed by atoms with Crippen molar-refractivity contribution >= 4 is 23.6 Å². The Morgan fingerprint density at radius 1 is 0.451 bits per heavy atom. The van der Waals surface area contributed by atoms with E-state index in [2.05, 4.69) is 40.6 Å². The van der Waals surface area contributed by atoms with Gasteiger partial charge in [-0.2, -0.15) is 33.1 Å². The number of aromatic nitrogens is 8. The van der Waals surface area contributed by atoms with Crippen molar-refractivity contribution < 1.29 is 108 Å². The number of hydrogen-bond donors (Lipinski definition) is 4. The standard InChI is InChI=1S/C22H23FN4O2.C21H25F3N4O3.C20H20F6N4O2.C19H19F5N4O2/c23-18-10-5-4-9-16(18)13-17(24)14-20(28)27-12-6-11-19(27)22-25-21(26-29-22)15-7-2-1-3-8-15;1-30-11-21(4-5-21)20-26-19(31-27-20)17-3-2-6-28(17)18(29)9-13(25)7-12-8-15(23)16(24)10-14(12)22;21-12-9-14(23)13(22)7-10(12)6-11(27)8-16(31)30-5-1-2-15(30)17-28-18(29-32-17)19(3-4-19)20(24,25)26;20-12-6-14(22)13(21)4-10(12)3-11(25)5-16(29)28-8-19(23,24)7-15(28)18-26-17(27-30-18)9-1-2-9/h1-5,7-10,17,19H,6,11-14,24H2;8,10,13,17H,2-7,9,11,25H2,1H3;7,9,11,15H,1-6,8,27H2;4,6,9,11,15H,1-3,5,7-8,25H2/t17-,19-;13-,17+;2*11-,15+/m1111/s1. The number of alkyl halides is 5. The maximum Gasteiger partial charge on any atom is 0.401 e. The van der Waals surface area contributed by atoms with Crippen molar-refractivity contribution in [2.45, 2.75) is 212 Å². The Morgan fingerprint density at radius 2 is 0.844 bits per heavy atom. The van der Waals surface area contributed by atoms with Gasteiger partial charge in [-0.15, -0.1) is 0 Å². The second-order valence-corrected chi connectivity index (χ2v) is 32.0. The molecule has 4 aromatic heterocycles. The number of rotatable bonds is 26. The molecular formula is C82H87F15N16O9. The normalized spacial score (nSPS) is 20.3. The van der Waals surface area contributed by atoms with Crippen LogP contribution in [-0.4, -0.2) is 160 Å². The number of hydrogen-bond acceptors (Lipinski definition) is 21. The summed E-state index contributed by atoms with van der Waals surface area (Å²) in [5.74, 6) is -13.2. The highest BCUT2D eigenvalue weighted by Crippen LogP contribution is 2.58. The molecule has 25 nitrogen and oxygen atoms in total. The van der Waals surface area contributed by atoms with E-state index < -0.39 is 143 Å². The summed E-state index contributed by atoms with van der Waals surface area (Å²) in [4.78, 5) is 74.0. The van der Waals surface area contributed by atoms with E-state index in [1.807, 2.05) is 30.3 Å². The van der Waals surface area contributed by atoms with Gasteiger partial charge in [0.15, 0.2) is 52.4 Å². The van der Waals surface area contributed by atoms with Gasteiger partial charge in [0.2, 0.25) is 53.0 Å². The molecular weight excluding hydrogens is 1640 g/mol. The molecule has 4 aliphatic heterocycles. The Hall–Kier alpha value is -10.7. The zero-order valence-electron chi connectivity index (χ0n) is 65.8. The number of halogens is 15. The molecule has 7 aliphatic rings.